The average Bonchev–Trinajstić information content (AvgIpc) is 3.07. The van der Waals surface area contributed by atoms with Crippen molar-refractivity contribution in [3.63, 3.8) is 0 Å². The molecule has 0 spiro atoms. The Kier molecular flexibility index (Phi) is 11.1. The number of nitrogens with one attached hydrogen (secondary N) is 1. The Hall–Kier alpha value is -4.14. The molecule has 0 heterocycles. The van der Waals surface area contributed by atoms with E-state index in [1.807, 2.05) is 61.5 Å². The molecule has 9 heteroatoms. The van der Waals surface area contributed by atoms with Gasteiger partial charge in [0.05, 0.1) is 10.6 Å². The van der Waals surface area contributed by atoms with Crippen LogP contribution in [0.15, 0.2) is 114 Å². The van der Waals surface area contributed by atoms with E-state index in [4.69, 9.17) is 11.6 Å². The minimum Gasteiger partial charge on any atom is -0.352 e. The van der Waals surface area contributed by atoms with Crippen molar-refractivity contribution < 1.29 is 18.0 Å². The van der Waals surface area contributed by atoms with E-state index >= 15 is 0 Å². The summed E-state index contributed by atoms with van der Waals surface area (Å²) in [6.07, 6.45) is 5.31. The summed E-state index contributed by atoms with van der Waals surface area (Å²) < 4.78 is 29.3. The van der Waals surface area contributed by atoms with Gasteiger partial charge >= 0.3 is 0 Å². The highest BCUT2D eigenvalue weighted by Gasteiger charge is 2.35. The van der Waals surface area contributed by atoms with Crippen molar-refractivity contribution in [1.29, 1.82) is 0 Å². The molecule has 0 aromatic heterocycles. The average molecular weight is 658 g/mol. The third-order valence-electron chi connectivity index (χ3n) is 8.40. The summed E-state index contributed by atoms with van der Waals surface area (Å²) >= 11 is 6.31. The molecule has 1 saturated carbocycles. The van der Waals surface area contributed by atoms with E-state index in [0.29, 0.717) is 5.02 Å². The highest BCUT2D eigenvalue weighted by molar-refractivity contribution is 7.92. The lowest BCUT2D eigenvalue weighted by Gasteiger charge is -2.35. The zero-order valence-corrected chi connectivity index (χ0v) is 27.6. The first-order valence-electron chi connectivity index (χ1n) is 15.7. The summed E-state index contributed by atoms with van der Waals surface area (Å²) in [6.45, 7) is 1.59. The van der Waals surface area contributed by atoms with Gasteiger partial charge in [0.25, 0.3) is 10.0 Å². The van der Waals surface area contributed by atoms with E-state index in [1.54, 1.807) is 36.4 Å². The van der Waals surface area contributed by atoms with Gasteiger partial charge in [-0.05, 0) is 61.2 Å². The van der Waals surface area contributed by atoms with Gasteiger partial charge in [-0.2, -0.15) is 0 Å². The molecule has 0 unspecified atom stereocenters. The largest absolute Gasteiger partial charge is 0.352 e. The second-order valence-electron chi connectivity index (χ2n) is 11.9. The van der Waals surface area contributed by atoms with E-state index in [9.17, 15) is 18.0 Å². The van der Waals surface area contributed by atoms with Crippen molar-refractivity contribution in [2.75, 3.05) is 10.8 Å². The van der Waals surface area contributed by atoms with Crippen molar-refractivity contribution in [2.24, 2.45) is 0 Å². The maximum Gasteiger partial charge on any atom is 0.264 e. The number of nitrogens with zero attached hydrogens (tertiary/aromatic N) is 2. The Morgan fingerprint density at radius 1 is 0.826 bits per heavy atom. The van der Waals surface area contributed by atoms with E-state index in [0.717, 1.165) is 53.1 Å². The van der Waals surface area contributed by atoms with Gasteiger partial charge in [0.2, 0.25) is 11.8 Å². The molecule has 4 aromatic carbocycles. The molecule has 1 aliphatic rings. The zero-order valence-electron chi connectivity index (χ0n) is 26.0. The van der Waals surface area contributed by atoms with Crippen LogP contribution >= 0.6 is 11.6 Å². The Morgan fingerprint density at radius 3 is 2.13 bits per heavy atom. The Balaban J connectivity index is 1.55. The lowest BCUT2D eigenvalue weighted by atomic mass is 9.94. The number of halogens is 1. The standard InChI is InChI=1S/C37H40ClN3O4S/c1-28-20-22-30(23-21-28)26-40(35(24-29-12-5-2-6-13-29)37(43)39-32-15-7-3-8-16-32)36(42)27-41(33-17-11-14-31(38)25-33)46(44,45)34-18-9-4-10-19-34/h2,4-6,9-14,17-23,25,32,35H,3,7-8,15-16,24,26-27H2,1H3,(H,39,43)/t35-/m0/s1. The summed E-state index contributed by atoms with van der Waals surface area (Å²) in [4.78, 5) is 30.3. The van der Waals surface area contributed by atoms with Crippen LogP contribution < -0.4 is 9.62 Å². The second kappa shape index (κ2) is 15.4. The van der Waals surface area contributed by atoms with Gasteiger partial charge in [-0.25, -0.2) is 8.42 Å². The van der Waals surface area contributed by atoms with Crippen molar-refractivity contribution in [3.05, 3.63) is 131 Å². The zero-order chi connectivity index (χ0) is 32.5. The van der Waals surface area contributed by atoms with Crippen LogP contribution in [-0.4, -0.2) is 43.8 Å². The molecular weight excluding hydrogens is 618 g/mol. The van der Waals surface area contributed by atoms with E-state index in [1.165, 1.54) is 23.1 Å². The fraction of sp³-hybridized carbons (Fsp3) is 0.297. The second-order valence-corrected chi connectivity index (χ2v) is 14.2. The number of anilines is 1. The molecule has 0 aliphatic heterocycles. The Morgan fingerprint density at radius 2 is 1.48 bits per heavy atom. The molecule has 1 fully saturated rings. The molecule has 0 radical (unpaired) electrons. The summed E-state index contributed by atoms with van der Waals surface area (Å²) in [5.74, 6) is -0.740. The summed E-state index contributed by atoms with van der Waals surface area (Å²) in [5, 5.41) is 3.57. The molecule has 1 N–H and O–H groups in total. The number of hydrogen-bond acceptors (Lipinski definition) is 4. The lowest BCUT2D eigenvalue weighted by molar-refractivity contribution is -0.140. The van der Waals surface area contributed by atoms with Crippen LogP contribution in [0.2, 0.25) is 5.02 Å². The van der Waals surface area contributed by atoms with Crippen molar-refractivity contribution in [2.45, 2.75) is 69.0 Å². The topological polar surface area (TPSA) is 86.8 Å². The summed E-state index contributed by atoms with van der Waals surface area (Å²) in [5.41, 5.74) is 3.06. The van der Waals surface area contributed by atoms with Crippen LogP contribution in [0.4, 0.5) is 5.69 Å². The number of amides is 2. The van der Waals surface area contributed by atoms with Gasteiger partial charge in [-0.3, -0.25) is 13.9 Å². The van der Waals surface area contributed by atoms with E-state index in [2.05, 4.69) is 5.32 Å². The quantitative estimate of drug-likeness (QED) is 0.179. The van der Waals surface area contributed by atoms with E-state index < -0.39 is 28.5 Å². The summed E-state index contributed by atoms with van der Waals surface area (Å²) in [7, 11) is -4.18. The Labute approximate surface area is 277 Å². The maximum atomic E-state index is 14.6. The van der Waals surface area contributed by atoms with Gasteiger partial charge in [0.1, 0.15) is 12.6 Å². The first kappa shape index (κ1) is 33.2. The monoisotopic (exact) mass is 657 g/mol. The molecule has 46 heavy (non-hydrogen) atoms. The highest BCUT2D eigenvalue weighted by Crippen LogP contribution is 2.27. The van der Waals surface area contributed by atoms with Crippen LogP contribution in [0.1, 0.15) is 48.8 Å². The van der Waals surface area contributed by atoms with Crippen LogP contribution in [0, 0.1) is 6.92 Å². The normalized spacial score (nSPS) is 14.3. The fourth-order valence-corrected chi connectivity index (χ4v) is 7.48. The summed E-state index contributed by atoms with van der Waals surface area (Å²) in [6, 6.07) is 31.0. The number of aryl methyl sites for hydroxylation is 1. The van der Waals surface area contributed by atoms with Crippen LogP contribution in [0.3, 0.4) is 0 Å². The molecule has 5 rings (SSSR count). The smallest absolute Gasteiger partial charge is 0.264 e. The highest BCUT2D eigenvalue weighted by atomic mass is 35.5. The molecule has 1 aliphatic carbocycles. The van der Waals surface area contributed by atoms with Crippen LogP contribution in [0.5, 0.6) is 0 Å². The van der Waals surface area contributed by atoms with Crippen molar-refractivity contribution >= 4 is 39.1 Å². The molecule has 1 atom stereocenters. The van der Waals surface area contributed by atoms with Gasteiger partial charge in [-0.15, -0.1) is 0 Å². The van der Waals surface area contributed by atoms with Gasteiger partial charge in [-0.1, -0.05) is 115 Å². The Bertz CT molecular complexity index is 1710. The predicted octanol–water partition coefficient (Wildman–Crippen LogP) is 6.93. The van der Waals surface area contributed by atoms with Crippen LogP contribution in [0.25, 0.3) is 0 Å². The molecule has 2 amide bonds. The van der Waals surface area contributed by atoms with Gasteiger partial charge in [0.15, 0.2) is 0 Å². The molecule has 0 bridgehead atoms. The molecule has 240 valence electrons. The minimum atomic E-state index is -4.18. The maximum absolute atomic E-state index is 14.6. The number of hydrogen-bond donors (Lipinski definition) is 1. The third-order valence-corrected chi connectivity index (χ3v) is 10.4. The number of sulfonamides is 1. The third kappa shape index (κ3) is 8.56. The number of benzene rings is 4. The van der Waals surface area contributed by atoms with Crippen LogP contribution in [-0.2, 0) is 32.6 Å². The number of rotatable bonds is 12. The van der Waals surface area contributed by atoms with Crippen molar-refractivity contribution in [1.82, 2.24) is 10.2 Å². The van der Waals surface area contributed by atoms with E-state index in [-0.39, 0.29) is 35.5 Å². The number of carbonyl (C=O) groups is 2. The SMILES string of the molecule is Cc1ccc(CN(C(=O)CN(c2cccc(Cl)c2)S(=O)(=O)c2ccccc2)[C@@H](Cc2ccccc2)C(=O)NC2CCCCC2)cc1. The molecule has 4 aromatic rings. The number of carbonyl (C=O) groups excluding carboxylic acids is 2. The van der Waals surface area contributed by atoms with Gasteiger partial charge in [0, 0.05) is 24.0 Å². The lowest BCUT2D eigenvalue weighted by Crippen LogP contribution is -2.55. The molecule has 0 saturated heterocycles. The molecular formula is C37H40ClN3O4S. The predicted molar refractivity (Wildman–Crippen MR) is 183 cm³/mol. The molecule has 7 nitrogen and oxygen atoms in total. The van der Waals surface area contributed by atoms with Crippen molar-refractivity contribution in [3.8, 4) is 0 Å². The first-order valence-corrected chi connectivity index (χ1v) is 17.6. The fourth-order valence-electron chi connectivity index (χ4n) is 5.87. The minimum absolute atomic E-state index is 0.0391. The van der Waals surface area contributed by atoms with Gasteiger partial charge < -0.3 is 10.2 Å². The first-order chi connectivity index (χ1) is 22.2.